The van der Waals surface area contributed by atoms with Crippen molar-refractivity contribution in [1.82, 2.24) is 15.1 Å². The largest absolute Gasteiger partial charge is 0.497 e. The summed E-state index contributed by atoms with van der Waals surface area (Å²) in [5, 5.41) is 10.5. The van der Waals surface area contributed by atoms with Crippen LogP contribution in [0.15, 0.2) is 24.3 Å². The fraction of sp³-hybridized carbons (Fsp3) is 0.467. The maximum Gasteiger partial charge on any atom is 0.131 e. The van der Waals surface area contributed by atoms with Gasteiger partial charge in [-0.25, -0.2) is 0 Å². The van der Waals surface area contributed by atoms with Gasteiger partial charge in [0.15, 0.2) is 0 Å². The Kier molecular flexibility index (Phi) is 3.98. The highest BCUT2D eigenvalue weighted by Crippen LogP contribution is 2.34. The number of hydrogen-bond acceptors (Lipinski definition) is 5. The summed E-state index contributed by atoms with van der Waals surface area (Å²) in [7, 11) is 1.72. The molecule has 0 amide bonds. The number of benzene rings is 1. The second kappa shape index (κ2) is 5.89. The quantitative estimate of drug-likeness (QED) is 0.866. The molecular weight excluding hydrogens is 270 g/mol. The molecule has 1 aromatic carbocycles. The molecule has 2 heterocycles. The highest BCUT2D eigenvalue weighted by atomic mass is 32.1. The van der Waals surface area contributed by atoms with E-state index in [1.807, 2.05) is 13.0 Å². The van der Waals surface area contributed by atoms with Gasteiger partial charge in [-0.05, 0) is 44.0 Å². The van der Waals surface area contributed by atoms with Gasteiger partial charge in [0.1, 0.15) is 15.8 Å². The zero-order valence-electron chi connectivity index (χ0n) is 11.9. The Hall–Kier alpha value is -1.46. The fourth-order valence-electron chi connectivity index (χ4n) is 2.82. The summed E-state index contributed by atoms with van der Waals surface area (Å²) in [5.41, 5.74) is 1.34. The number of aryl methyl sites for hydroxylation is 1. The molecule has 2 aromatic rings. The van der Waals surface area contributed by atoms with Crippen molar-refractivity contribution < 1.29 is 4.74 Å². The maximum atomic E-state index is 5.33. The topological polar surface area (TPSA) is 38.2 Å². The predicted molar refractivity (Wildman–Crippen MR) is 80.0 cm³/mol. The van der Waals surface area contributed by atoms with Gasteiger partial charge in [0.25, 0.3) is 0 Å². The standard InChI is InChI=1S/C15H19N3OS/c1-11-16-17-15(20-11)10-18-8-4-7-14(18)12-5-3-6-13(9-12)19-2/h3,5-6,9,14H,4,7-8,10H2,1-2H3/t14-/m1/s1. The molecule has 0 aliphatic carbocycles. The highest BCUT2D eigenvalue weighted by Gasteiger charge is 2.27. The summed E-state index contributed by atoms with van der Waals surface area (Å²) in [5.74, 6) is 0.932. The number of aromatic nitrogens is 2. The molecule has 0 unspecified atom stereocenters. The zero-order chi connectivity index (χ0) is 13.9. The van der Waals surface area contributed by atoms with Crippen molar-refractivity contribution in [3.8, 4) is 5.75 Å². The molecule has 0 N–H and O–H groups in total. The zero-order valence-corrected chi connectivity index (χ0v) is 12.7. The van der Waals surface area contributed by atoms with Crippen molar-refractivity contribution in [1.29, 1.82) is 0 Å². The molecule has 1 atom stereocenters. The van der Waals surface area contributed by atoms with Crippen molar-refractivity contribution in [3.63, 3.8) is 0 Å². The molecule has 3 rings (SSSR count). The average Bonchev–Trinajstić information content (AvgIpc) is 3.08. The summed E-state index contributed by atoms with van der Waals surface area (Å²) in [4.78, 5) is 2.49. The fourth-order valence-corrected chi connectivity index (χ4v) is 3.55. The molecule has 0 saturated carbocycles. The minimum atomic E-state index is 0.467. The van der Waals surface area contributed by atoms with Gasteiger partial charge in [-0.2, -0.15) is 0 Å². The molecule has 1 fully saturated rings. The van der Waals surface area contributed by atoms with E-state index in [0.29, 0.717) is 6.04 Å². The summed E-state index contributed by atoms with van der Waals surface area (Å²) >= 11 is 1.69. The molecule has 0 radical (unpaired) electrons. The minimum absolute atomic E-state index is 0.467. The van der Waals surface area contributed by atoms with Crippen LogP contribution in [0.1, 0.15) is 34.5 Å². The third-order valence-electron chi connectivity index (χ3n) is 3.75. The summed E-state index contributed by atoms with van der Waals surface area (Å²) in [6, 6.07) is 8.87. The Labute approximate surface area is 123 Å². The number of rotatable bonds is 4. The molecule has 5 heteroatoms. The first-order valence-corrected chi connectivity index (χ1v) is 7.75. The van der Waals surface area contributed by atoms with E-state index in [1.165, 1.54) is 18.4 Å². The molecule has 0 bridgehead atoms. The van der Waals surface area contributed by atoms with Gasteiger partial charge >= 0.3 is 0 Å². The lowest BCUT2D eigenvalue weighted by Crippen LogP contribution is -2.22. The van der Waals surface area contributed by atoms with Crippen LogP contribution >= 0.6 is 11.3 Å². The van der Waals surface area contributed by atoms with Crippen LogP contribution in [0.25, 0.3) is 0 Å². The van der Waals surface area contributed by atoms with Crippen LogP contribution in [-0.2, 0) is 6.54 Å². The number of nitrogens with zero attached hydrogens (tertiary/aromatic N) is 3. The molecule has 1 aliphatic heterocycles. The van der Waals surface area contributed by atoms with E-state index in [-0.39, 0.29) is 0 Å². The maximum absolute atomic E-state index is 5.33. The van der Waals surface area contributed by atoms with Crippen LogP contribution in [0.4, 0.5) is 0 Å². The first-order valence-electron chi connectivity index (χ1n) is 6.93. The Morgan fingerprint density at radius 1 is 1.40 bits per heavy atom. The molecule has 0 spiro atoms. The van der Waals surface area contributed by atoms with Crippen LogP contribution in [-0.4, -0.2) is 28.8 Å². The van der Waals surface area contributed by atoms with Crippen molar-refractivity contribution in [2.24, 2.45) is 0 Å². The van der Waals surface area contributed by atoms with Crippen LogP contribution in [0.3, 0.4) is 0 Å². The molecule has 1 saturated heterocycles. The van der Waals surface area contributed by atoms with Crippen LogP contribution in [0, 0.1) is 6.92 Å². The van der Waals surface area contributed by atoms with Crippen LogP contribution in [0.5, 0.6) is 5.75 Å². The van der Waals surface area contributed by atoms with Gasteiger partial charge in [0.2, 0.25) is 0 Å². The van der Waals surface area contributed by atoms with Crippen molar-refractivity contribution in [3.05, 3.63) is 39.8 Å². The van der Waals surface area contributed by atoms with Crippen LogP contribution < -0.4 is 4.74 Å². The van der Waals surface area contributed by atoms with E-state index in [2.05, 4.69) is 33.3 Å². The van der Waals surface area contributed by atoms with Crippen molar-refractivity contribution in [2.45, 2.75) is 32.4 Å². The van der Waals surface area contributed by atoms with Gasteiger partial charge in [0, 0.05) is 6.04 Å². The van der Waals surface area contributed by atoms with Gasteiger partial charge in [-0.15, -0.1) is 21.5 Å². The first-order chi connectivity index (χ1) is 9.76. The molecule has 4 nitrogen and oxygen atoms in total. The van der Waals surface area contributed by atoms with E-state index in [4.69, 9.17) is 4.74 Å². The second-order valence-electron chi connectivity index (χ2n) is 5.12. The number of ether oxygens (including phenoxy) is 1. The normalized spacial score (nSPS) is 19.4. The lowest BCUT2D eigenvalue weighted by atomic mass is 10.0. The van der Waals surface area contributed by atoms with Crippen LogP contribution in [0.2, 0.25) is 0 Å². The minimum Gasteiger partial charge on any atom is -0.497 e. The van der Waals surface area contributed by atoms with E-state index in [0.717, 1.165) is 28.9 Å². The van der Waals surface area contributed by atoms with Crippen molar-refractivity contribution in [2.75, 3.05) is 13.7 Å². The molecular formula is C15H19N3OS. The molecule has 1 aromatic heterocycles. The summed E-state index contributed by atoms with van der Waals surface area (Å²) < 4.78 is 5.33. The number of methoxy groups -OCH3 is 1. The first kappa shape index (κ1) is 13.5. The van der Waals surface area contributed by atoms with E-state index >= 15 is 0 Å². The van der Waals surface area contributed by atoms with E-state index in [9.17, 15) is 0 Å². The number of likely N-dealkylation sites (tertiary alicyclic amines) is 1. The highest BCUT2D eigenvalue weighted by molar-refractivity contribution is 7.11. The van der Waals surface area contributed by atoms with Gasteiger partial charge < -0.3 is 4.74 Å². The Balaban J connectivity index is 1.77. The number of hydrogen-bond donors (Lipinski definition) is 0. The molecule has 106 valence electrons. The van der Waals surface area contributed by atoms with Gasteiger partial charge in [-0.3, -0.25) is 4.90 Å². The summed E-state index contributed by atoms with van der Waals surface area (Å²) in [6.45, 7) is 4.03. The van der Waals surface area contributed by atoms with E-state index in [1.54, 1.807) is 18.4 Å². The molecule has 20 heavy (non-hydrogen) atoms. The smallest absolute Gasteiger partial charge is 0.131 e. The lowest BCUT2D eigenvalue weighted by molar-refractivity contribution is 0.247. The van der Waals surface area contributed by atoms with Gasteiger partial charge in [0.05, 0.1) is 13.7 Å². The Morgan fingerprint density at radius 2 is 2.30 bits per heavy atom. The Bertz CT molecular complexity index is 584. The third kappa shape index (κ3) is 2.83. The average molecular weight is 289 g/mol. The lowest BCUT2D eigenvalue weighted by Gasteiger charge is -2.23. The van der Waals surface area contributed by atoms with E-state index < -0.39 is 0 Å². The monoisotopic (exact) mass is 289 g/mol. The predicted octanol–water partition coefficient (Wildman–Crippen LogP) is 3.19. The summed E-state index contributed by atoms with van der Waals surface area (Å²) in [6.07, 6.45) is 2.44. The molecule has 1 aliphatic rings. The van der Waals surface area contributed by atoms with Gasteiger partial charge in [-0.1, -0.05) is 12.1 Å². The Morgan fingerprint density at radius 3 is 3.05 bits per heavy atom. The third-order valence-corrected chi connectivity index (χ3v) is 4.57. The second-order valence-corrected chi connectivity index (χ2v) is 6.39. The van der Waals surface area contributed by atoms with Crippen molar-refractivity contribution >= 4 is 11.3 Å². The SMILES string of the molecule is COc1cccc([C@H]2CCCN2Cc2nnc(C)s2)c1.